The number of ether oxygens (including phenoxy) is 2. The summed E-state index contributed by atoms with van der Waals surface area (Å²) in [6.45, 7) is 4.53. The highest BCUT2D eigenvalue weighted by molar-refractivity contribution is 6.34. The van der Waals surface area contributed by atoms with Gasteiger partial charge in [0.25, 0.3) is 0 Å². The number of aromatic nitrogens is 1. The predicted molar refractivity (Wildman–Crippen MR) is 204 cm³/mol. The summed E-state index contributed by atoms with van der Waals surface area (Å²) in [7, 11) is 0. The number of fused-ring (bicyclic) bond motifs is 1. The lowest BCUT2D eigenvalue weighted by Crippen LogP contribution is -2.39. The molecule has 2 aliphatic heterocycles. The second-order valence-corrected chi connectivity index (χ2v) is 14.1. The summed E-state index contributed by atoms with van der Waals surface area (Å²) in [5.41, 5.74) is 6.94. The molecule has 0 spiro atoms. The molecule has 0 bridgehead atoms. The van der Waals surface area contributed by atoms with Crippen molar-refractivity contribution in [2.75, 3.05) is 44.2 Å². The minimum Gasteiger partial charge on any atom is -0.488 e. The van der Waals surface area contributed by atoms with Crippen molar-refractivity contribution in [1.29, 1.82) is 5.26 Å². The lowest BCUT2D eigenvalue weighted by atomic mass is 9.96. The Labute approximate surface area is 319 Å². The third kappa shape index (κ3) is 9.58. The first-order valence-corrected chi connectivity index (χ1v) is 18.5. The lowest BCUT2D eigenvalue weighted by molar-refractivity contribution is -0.140. The van der Waals surface area contributed by atoms with Gasteiger partial charge in [0.15, 0.2) is 0 Å². The molecule has 1 atom stereocenters. The van der Waals surface area contributed by atoms with Gasteiger partial charge in [-0.2, -0.15) is 5.26 Å². The van der Waals surface area contributed by atoms with E-state index in [1.165, 1.54) is 17.4 Å². The van der Waals surface area contributed by atoms with Crippen LogP contribution in [0.25, 0.3) is 11.1 Å². The SMILES string of the molecule is N#Cc1cncc(COc2cc(OCc3cccc(-c4cccc5c4CCN5CCCN4CCC(O)CC4)c3Cl)c(Cl)cc2CN[C@@H](CO)C(=O)O)c1. The maximum Gasteiger partial charge on any atom is 0.323 e. The molecule has 0 aliphatic carbocycles. The van der Waals surface area contributed by atoms with Crippen LogP contribution in [0.4, 0.5) is 5.69 Å². The van der Waals surface area contributed by atoms with Crippen LogP contribution >= 0.6 is 23.2 Å². The quantitative estimate of drug-likeness (QED) is 0.109. The number of piperidine rings is 1. The van der Waals surface area contributed by atoms with Gasteiger partial charge in [0.05, 0.1) is 28.3 Å². The van der Waals surface area contributed by atoms with Crippen LogP contribution in [0.3, 0.4) is 0 Å². The number of nitrogens with zero attached hydrogens (tertiary/aromatic N) is 4. The molecular formula is C40H43Cl2N5O6. The first kappa shape index (κ1) is 38.3. The number of rotatable bonds is 16. The summed E-state index contributed by atoms with van der Waals surface area (Å²) >= 11 is 13.8. The highest BCUT2D eigenvalue weighted by atomic mass is 35.5. The Balaban J connectivity index is 1.17. The molecule has 278 valence electrons. The Morgan fingerprint density at radius 3 is 2.53 bits per heavy atom. The molecule has 3 heterocycles. The zero-order valence-electron chi connectivity index (χ0n) is 29.3. The predicted octanol–water partition coefficient (Wildman–Crippen LogP) is 5.83. The number of pyridine rings is 1. The highest BCUT2D eigenvalue weighted by Gasteiger charge is 2.24. The second-order valence-electron chi connectivity index (χ2n) is 13.4. The van der Waals surface area contributed by atoms with Crippen molar-refractivity contribution in [3.8, 4) is 28.7 Å². The summed E-state index contributed by atoms with van der Waals surface area (Å²) in [5, 5.41) is 41.7. The molecule has 4 N–H and O–H groups in total. The van der Waals surface area contributed by atoms with E-state index in [2.05, 4.69) is 44.4 Å². The summed E-state index contributed by atoms with van der Waals surface area (Å²) in [6, 6.07) is 18.1. The Hall–Kier alpha value is -4.41. The fourth-order valence-electron chi connectivity index (χ4n) is 6.88. The van der Waals surface area contributed by atoms with E-state index in [0.29, 0.717) is 33.2 Å². The van der Waals surface area contributed by atoms with Crippen LogP contribution in [-0.4, -0.2) is 82.6 Å². The van der Waals surface area contributed by atoms with Crippen LogP contribution in [0.2, 0.25) is 10.0 Å². The Morgan fingerprint density at radius 2 is 1.75 bits per heavy atom. The van der Waals surface area contributed by atoms with Crippen molar-refractivity contribution >= 4 is 34.9 Å². The molecule has 0 amide bonds. The van der Waals surface area contributed by atoms with Gasteiger partial charge in [-0.15, -0.1) is 0 Å². The van der Waals surface area contributed by atoms with Gasteiger partial charge < -0.3 is 34.6 Å². The third-order valence-corrected chi connectivity index (χ3v) is 10.5. The fourth-order valence-corrected chi connectivity index (χ4v) is 7.40. The summed E-state index contributed by atoms with van der Waals surface area (Å²) < 4.78 is 12.4. The van der Waals surface area contributed by atoms with Crippen LogP contribution in [0.5, 0.6) is 11.5 Å². The minimum absolute atomic E-state index is 0.0412. The Morgan fingerprint density at radius 1 is 0.981 bits per heavy atom. The first-order valence-electron chi connectivity index (χ1n) is 17.8. The van der Waals surface area contributed by atoms with Gasteiger partial charge in [0.1, 0.15) is 36.8 Å². The summed E-state index contributed by atoms with van der Waals surface area (Å²) in [5.74, 6) is -0.478. The van der Waals surface area contributed by atoms with E-state index in [-0.39, 0.29) is 30.9 Å². The van der Waals surface area contributed by atoms with E-state index in [4.69, 9.17) is 32.7 Å². The topological polar surface area (TPSA) is 151 Å². The van der Waals surface area contributed by atoms with E-state index in [9.17, 15) is 25.4 Å². The van der Waals surface area contributed by atoms with Crippen molar-refractivity contribution in [1.82, 2.24) is 15.2 Å². The van der Waals surface area contributed by atoms with E-state index < -0.39 is 18.6 Å². The van der Waals surface area contributed by atoms with Gasteiger partial charge in [-0.05, 0) is 61.6 Å². The van der Waals surface area contributed by atoms with E-state index in [1.807, 2.05) is 18.2 Å². The van der Waals surface area contributed by atoms with Gasteiger partial charge in [-0.25, -0.2) is 0 Å². The number of hydrogen-bond acceptors (Lipinski definition) is 10. The molecular weight excluding hydrogens is 717 g/mol. The molecule has 2 aliphatic rings. The van der Waals surface area contributed by atoms with Gasteiger partial charge in [-0.1, -0.05) is 53.5 Å². The number of carboxylic acid groups (broad SMARTS) is 1. The molecule has 4 aromatic rings. The molecule has 3 aromatic carbocycles. The number of benzene rings is 3. The van der Waals surface area contributed by atoms with Crippen molar-refractivity contribution < 1.29 is 29.6 Å². The maximum atomic E-state index is 11.5. The third-order valence-electron chi connectivity index (χ3n) is 9.79. The standard InChI is InChI=1S/C40H43Cl2N5O6/c41-34-17-29(22-45-35(23-48)40(50)51)37(52-24-27-16-26(19-43)20-44-21-27)18-38(34)53-25-28-4-1-6-33(39(28)42)31-5-2-7-36-32(31)10-15-47(36)12-3-11-46-13-8-30(49)9-14-46/h1-2,4-7,16-18,20-21,30,35,45,48-49H,3,8-15,22-25H2,(H,50,51)/t35-/m0/s1. The van der Waals surface area contributed by atoms with E-state index in [1.54, 1.807) is 24.4 Å². The number of aliphatic hydroxyl groups is 2. The van der Waals surface area contributed by atoms with Crippen molar-refractivity contribution in [2.45, 2.75) is 57.6 Å². The molecule has 11 nitrogen and oxygen atoms in total. The molecule has 1 fully saturated rings. The van der Waals surface area contributed by atoms with Gasteiger partial charge >= 0.3 is 5.97 Å². The van der Waals surface area contributed by atoms with Crippen LogP contribution < -0.4 is 19.7 Å². The van der Waals surface area contributed by atoms with Crippen LogP contribution in [0.15, 0.2) is 67.0 Å². The Bertz CT molecular complexity index is 1950. The minimum atomic E-state index is -1.19. The zero-order chi connectivity index (χ0) is 37.3. The smallest absolute Gasteiger partial charge is 0.323 e. The molecule has 0 radical (unpaired) electrons. The van der Waals surface area contributed by atoms with Crippen molar-refractivity contribution in [3.05, 3.63) is 105 Å². The lowest BCUT2D eigenvalue weighted by Gasteiger charge is -2.30. The summed E-state index contributed by atoms with van der Waals surface area (Å²) in [6.07, 6.45) is 6.61. The number of nitriles is 1. The number of aliphatic carboxylic acids is 1. The normalized spacial score (nSPS) is 15.2. The zero-order valence-corrected chi connectivity index (χ0v) is 30.8. The van der Waals surface area contributed by atoms with Crippen LogP contribution in [0, 0.1) is 11.3 Å². The summed E-state index contributed by atoms with van der Waals surface area (Å²) in [4.78, 5) is 20.5. The fraction of sp³-hybridized carbons (Fsp3) is 0.375. The second kappa shape index (κ2) is 18.1. The highest BCUT2D eigenvalue weighted by Crippen LogP contribution is 2.41. The van der Waals surface area contributed by atoms with Crippen LogP contribution in [-0.2, 0) is 31.0 Å². The number of carboxylic acids is 1. The molecule has 53 heavy (non-hydrogen) atoms. The first-order chi connectivity index (χ1) is 25.7. The average Bonchev–Trinajstić information content (AvgIpc) is 3.58. The molecule has 13 heteroatoms. The van der Waals surface area contributed by atoms with Crippen molar-refractivity contribution in [3.63, 3.8) is 0 Å². The molecule has 1 saturated heterocycles. The number of hydrogen-bond donors (Lipinski definition) is 4. The largest absolute Gasteiger partial charge is 0.488 e. The van der Waals surface area contributed by atoms with Gasteiger partial charge in [0, 0.05) is 79.1 Å². The van der Waals surface area contributed by atoms with E-state index in [0.717, 1.165) is 75.1 Å². The molecule has 6 rings (SSSR count). The monoisotopic (exact) mass is 759 g/mol. The molecule has 0 unspecified atom stereocenters. The average molecular weight is 761 g/mol. The van der Waals surface area contributed by atoms with Crippen molar-refractivity contribution in [2.24, 2.45) is 0 Å². The number of halogens is 2. The van der Waals surface area contributed by atoms with Gasteiger partial charge in [-0.3, -0.25) is 15.1 Å². The van der Waals surface area contributed by atoms with Crippen LogP contribution in [0.1, 0.15) is 47.1 Å². The Kier molecular flexibility index (Phi) is 13.1. The van der Waals surface area contributed by atoms with E-state index >= 15 is 0 Å². The van der Waals surface area contributed by atoms with Gasteiger partial charge in [0.2, 0.25) is 0 Å². The number of anilines is 1. The molecule has 1 aromatic heterocycles. The maximum absolute atomic E-state index is 11.5. The number of aliphatic hydroxyl groups excluding tert-OH is 2. The number of likely N-dealkylation sites (tertiary alicyclic amines) is 1. The number of carbonyl (C=O) groups is 1. The number of nitrogens with one attached hydrogen (secondary N) is 1. The molecule has 0 saturated carbocycles.